The molecule has 1 aromatic carbocycles. The average Bonchev–Trinajstić information content (AvgIpc) is 2.62. The quantitative estimate of drug-likeness (QED) is 0.779. The van der Waals surface area contributed by atoms with E-state index in [9.17, 15) is 13.2 Å². The Labute approximate surface area is 132 Å². The van der Waals surface area contributed by atoms with Gasteiger partial charge < -0.3 is 4.90 Å². The second kappa shape index (κ2) is 6.10. The van der Waals surface area contributed by atoms with Crippen molar-refractivity contribution in [1.82, 2.24) is 4.90 Å². The van der Waals surface area contributed by atoms with Crippen LogP contribution in [-0.2, 0) is 20.4 Å². The molecule has 0 spiro atoms. The first-order valence-electron chi connectivity index (χ1n) is 5.89. The summed E-state index contributed by atoms with van der Waals surface area (Å²) in [6.45, 7) is 0.614. The third-order valence-electron chi connectivity index (χ3n) is 3.14. The smallest absolute Gasteiger partial charge is 0.232 e. The largest absolute Gasteiger partial charge is 0.338 e. The number of rotatable bonds is 4. The maximum Gasteiger partial charge on any atom is 0.232 e. The van der Waals surface area contributed by atoms with Crippen LogP contribution >= 0.6 is 33.9 Å². The molecular formula is C12H12Cl3NO3S. The minimum atomic E-state index is -3.60. The molecule has 4 nitrogen and oxygen atoms in total. The van der Waals surface area contributed by atoms with Crippen LogP contribution in [0.25, 0.3) is 0 Å². The fraction of sp³-hybridized carbons (Fsp3) is 0.417. The van der Waals surface area contributed by atoms with Crippen molar-refractivity contribution in [1.29, 1.82) is 0 Å². The summed E-state index contributed by atoms with van der Waals surface area (Å²) in [6.07, 6.45) is 0.175. The maximum atomic E-state index is 11.9. The fourth-order valence-corrected chi connectivity index (χ4v) is 4.11. The lowest BCUT2D eigenvalue weighted by atomic mass is 10.1. The Morgan fingerprint density at radius 1 is 1.25 bits per heavy atom. The van der Waals surface area contributed by atoms with Gasteiger partial charge in [-0.25, -0.2) is 8.42 Å². The van der Waals surface area contributed by atoms with Crippen molar-refractivity contribution in [2.75, 3.05) is 12.3 Å². The Kier molecular flexibility index (Phi) is 4.84. The predicted molar refractivity (Wildman–Crippen MR) is 79.6 cm³/mol. The van der Waals surface area contributed by atoms with Crippen LogP contribution in [0.4, 0.5) is 0 Å². The summed E-state index contributed by atoms with van der Waals surface area (Å²) in [7, 11) is 1.62. The first-order valence-corrected chi connectivity index (χ1v) is 9.12. The number of halogens is 3. The molecule has 1 atom stereocenters. The van der Waals surface area contributed by atoms with Crippen molar-refractivity contribution in [2.24, 2.45) is 5.92 Å². The van der Waals surface area contributed by atoms with Crippen LogP contribution in [0.2, 0.25) is 10.0 Å². The molecule has 1 aromatic rings. The Morgan fingerprint density at radius 2 is 1.85 bits per heavy atom. The van der Waals surface area contributed by atoms with Gasteiger partial charge in [0.2, 0.25) is 15.0 Å². The fourth-order valence-electron chi connectivity index (χ4n) is 2.27. The van der Waals surface area contributed by atoms with E-state index >= 15 is 0 Å². The van der Waals surface area contributed by atoms with Crippen LogP contribution in [0.5, 0.6) is 0 Å². The molecule has 1 aliphatic heterocycles. The Balaban J connectivity index is 2.10. The molecule has 0 N–H and O–H groups in total. The highest BCUT2D eigenvalue weighted by Crippen LogP contribution is 2.29. The van der Waals surface area contributed by atoms with E-state index in [2.05, 4.69) is 0 Å². The molecule has 0 radical (unpaired) electrons. The highest BCUT2D eigenvalue weighted by Gasteiger charge is 2.32. The number of amides is 1. The SMILES string of the molecule is O=C1CC(CS(=O)(=O)Cl)CN1Cc1c(Cl)cccc1Cl. The van der Waals surface area contributed by atoms with Crippen molar-refractivity contribution in [2.45, 2.75) is 13.0 Å². The second-order valence-corrected chi connectivity index (χ2v) is 8.39. The van der Waals surface area contributed by atoms with E-state index < -0.39 is 9.05 Å². The number of benzene rings is 1. The van der Waals surface area contributed by atoms with Gasteiger partial charge in [-0.1, -0.05) is 29.3 Å². The summed E-state index contributed by atoms with van der Waals surface area (Å²) >= 11 is 12.1. The van der Waals surface area contributed by atoms with E-state index in [1.54, 1.807) is 23.1 Å². The minimum Gasteiger partial charge on any atom is -0.338 e. The Hall–Kier alpha value is -0.490. The first-order chi connectivity index (χ1) is 9.26. The van der Waals surface area contributed by atoms with Crippen LogP contribution in [0.3, 0.4) is 0 Å². The van der Waals surface area contributed by atoms with Crippen LogP contribution in [0.1, 0.15) is 12.0 Å². The minimum absolute atomic E-state index is 0.119. The van der Waals surface area contributed by atoms with Gasteiger partial charge in [0, 0.05) is 51.7 Å². The molecule has 1 aliphatic rings. The maximum absolute atomic E-state index is 11.9. The number of carbonyl (C=O) groups is 1. The molecule has 0 saturated carbocycles. The lowest BCUT2D eigenvalue weighted by molar-refractivity contribution is -0.128. The van der Waals surface area contributed by atoms with Crippen molar-refractivity contribution < 1.29 is 13.2 Å². The number of carbonyl (C=O) groups excluding carboxylic acids is 1. The molecule has 20 heavy (non-hydrogen) atoms. The van der Waals surface area contributed by atoms with Crippen LogP contribution in [0, 0.1) is 5.92 Å². The summed E-state index contributed by atoms with van der Waals surface area (Å²) in [5.41, 5.74) is 0.665. The van der Waals surface area contributed by atoms with Crippen molar-refractivity contribution >= 4 is 48.8 Å². The molecular weight excluding hydrogens is 345 g/mol. The molecule has 1 amide bonds. The number of likely N-dealkylation sites (tertiary alicyclic amines) is 1. The van der Waals surface area contributed by atoms with Crippen LogP contribution < -0.4 is 0 Å². The number of hydrogen-bond donors (Lipinski definition) is 0. The molecule has 8 heteroatoms. The molecule has 1 heterocycles. The van der Waals surface area contributed by atoms with E-state index in [-0.39, 0.29) is 30.5 Å². The Bertz CT molecular complexity index is 613. The number of nitrogens with zero attached hydrogens (tertiary/aromatic N) is 1. The van der Waals surface area contributed by atoms with Crippen molar-refractivity contribution in [3.05, 3.63) is 33.8 Å². The molecule has 0 bridgehead atoms. The van der Waals surface area contributed by atoms with Crippen LogP contribution in [-0.4, -0.2) is 31.5 Å². The van der Waals surface area contributed by atoms with Gasteiger partial charge in [-0.3, -0.25) is 4.79 Å². The van der Waals surface area contributed by atoms with E-state index in [4.69, 9.17) is 33.9 Å². The summed E-state index contributed by atoms with van der Waals surface area (Å²) in [6, 6.07) is 5.12. The average molecular weight is 357 g/mol. The predicted octanol–water partition coefficient (Wildman–Crippen LogP) is 2.91. The second-order valence-electron chi connectivity index (χ2n) is 4.75. The summed E-state index contributed by atoms with van der Waals surface area (Å²) in [4.78, 5) is 13.5. The first kappa shape index (κ1) is 15.9. The molecule has 110 valence electrons. The zero-order valence-corrected chi connectivity index (χ0v) is 13.4. The molecule has 0 aromatic heterocycles. The van der Waals surface area contributed by atoms with Gasteiger partial charge in [0.15, 0.2) is 0 Å². The van der Waals surface area contributed by atoms with Gasteiger partial charge in [-0.2, -0.15) is 0 Å². The normalized spacial score (nSPS) is 19.6. The Morgan fingerprint density at radius 3 is 2.40 bits per heavy atom. The van der Waals surface area contributed by atoms with Gasteiger partial charge >= 0.3 is 0 Å². The van der Waals surface area contributed by atoms with E-state index in [0.29, 0.717) is 22.2 Å². The lowest BCUT2D eigenvalue weighted by Crippen LogP contribution is -2.25. The summed E-state index contributed by atoms with van der Waals surface area (Å²) in [5, 5.41) is 0.970. The van der Waals surface area contributed by atoms with E-state index in [1.165, 1.54) is 0 Å². The topological polar surface area (TPSA) is 54.5 Å². The highest BCUT2D eigenvalue weighted by atomic mass is 35.7. The van der Waals surface area contributed by atoms with Gasteiger partial charge in [0.1, 0.15) is 0 Å². The molecule has 1 unspecified atom stereocenters. The van der Waals surface area contributed by atoms with Crippen molar-refractivity contribution in [3.8, 4) is 0 Å². The molecule has 0 aliphatic carbocycles. The monoisotopic (exact) mass is 355 g/mol. The standard InChI is InChI=1S/C12H12Cl3NO3S/c13-10-2-1-3-11(14)9(10)6-16-5-8(4-12(16)17)7-20(15,18)19/h1-3,8H,4-7H2. The van der Waals surface area contributed by atoms with Crippen molar-refractivity contribution in [3.63, 3.8) is 0 Å². The lowest BCUT2D eigenvalue weighted by Gasteiger charge is -2.18. The summed E-state index contributed by atoms with van der Waals surface area (Å²) < 4.78 is 22.1. The zero-order valence-electron chi connectivity index (χ0n) is 10.4. The molecule has 2 rings (SSSR count). The van der Waals surface area contributed by atoms with Gasteiger partial charge in [0.25, 0.3) is 0 Å². The summed E-state index contributed by atoms with van der Waals surface area (Å²) in [5.74, 6) is -0.606. The molecule has 1 saturated heterocycles. The zero-order chi connectivity index (χ0) is 14.9. The van der Waals surface area contributed by atoms with Crippen LogP contribution in [0.15, 0.2) is 18.2 Å². The third-order valence-corrected chi connectivity index (χ3v) is 5.10. The van der Waals surface area contributed by atoms with Gasteiger partial charge in [0.05, 0.1) is 5.75 Å². The highest BCUT2D eigenvalue weighted by molar-refractivity contribution is 8.13. The molecule has 1 fully saturated rings. The third kappa shape index (κ3) is 4.01. The van der Waals surface area contributed by atoms with E-state index in [0.717, 1.165) is 0 Å². The van der Waals surface area contributed by atoms with Gasteiger partial charge in [-0.15, -0.1) is 0 Å². The number of hydrogen-bond acceptors (Lipinski definition) is 3. The van der Waals surface area contributed by atoms with E-state index in [1.807, 2.05) is 0 Å². The van der Waals surface area contributed by atoms with Gasteiger partial charge in [-0.05, 0) is 12.1 Å².